The van der Waals surface area contributed by atoms with E-state index in [4.69, 9.17) is 14.5 Å². The Balaban J connectivity index is 1.66. The van der Waals surface area contributed by atoms with Crippen molar-refractivity contribution < 1.29 is 28.9 Å². The summed E-state index contributed by atoms with van der Waals surface area (Å²) in [4.78, 5) is 50.9. The van der Waals surface area contributed by atoms with Crippen LogP contribution in [0.3, 0.4) is 0 Å². The standard InChI is InChI=1S/C18H28N2O6/c1-18(2,3)17(23)26-25-16(22)14-12-6-5-11(24-12)13(14)15(21)20-9-7-19(4)8-10-20/h11-14H,5-10H2,1-4H3/t11-,12+,13-,14+/m0/s1. The van der Waals surface area contributed by atoms with Gasteiger partial charge in [0.25, 0.3) is 0 Å². The zero-order valence-corrected chi connectivity index (χ0v) is 15.9. The van der Waals surface area contributed by atoms with Crippen LogP contribution in [0.25, 0.3) is 0 Å². The maximum absolute atomic E-state index is 13.0. The summed E-state index contributed by atoms with van der Waals surface area (Å²) in [5, 5.41) is 0. The molecule has 3 heterocycles. The van der Waals surface area contributed by atoms with E-state index in [1.807, 2.05) is 7.05 Å². The number of amides is 1. The van der Waals surface area contributed by atoms with E-state index in [9.17, 15) is 14.4 Å². The number of hydrogen-bond donors (Lipinski definition) is 0. The molecule has 0 saturated carbocycles. The van der Waals surface area contributed by atoms with Crippen LogP contribution in [0.2, 0.25) is 0 Å². The molecule has 1 amide bonds. The van der Waals surface area contributed by atoms with Crippen LogP contribution in [-0.4, -0.2) is 73.1 Å². The third kappa shape index (κ3) is 3.71. The minimum atomic E-state index is -0.777. The molecule has 0 N–H and O–H groups in total. The van der Waals surface area contributed by atoms with Gasteiger partial charge in [0, 0.05) is 26.2 Å². The van der Waals surface area contributed by atoms with Crippen molar-refractivity contribution in [3.05, 3.63) is 0 Å². The molecule has 0 spiro atoms. The summed E-state index contributed by atoms with van der Waals surface area (Å²) in [5.41, 5.74) is -0.777. The Labute approximate surface area is 153 Å². The van der Waals surface area contributed by atoms with Gasteiger partial charge in [-0.15, -0.1) is 0 Å². The van der Waals surface area contributed by atoms with Crippen LogP contribution < -0.4 is 0 Å². The molecule has 0 aliphatic carbocycles. The van der Waals surface area contributed by atoms with Gasteiger partial charge in [-0.2, -0.15) is 0 Å². The van der Waals surface area contributed by atoms with Crippen molar-refractivity contribution in [1.82, 2.24) is 9.80 Å². The van der Waals surface area contributed by atoms with Gasteiger partial charge in [0.1, 0.15) is 5.92 Å². The van der Waals surface area contributed by atoms with E-state index in [0.29, 0.717) is 19.5 Å². The number of likely N-dealkylation sites (N-methyl/N-ethyl adjacent to an activating group) is 1. The number of ether oxygens (including phenoxy) is 1. The van der Waals surface area contributed by atoms with Crippen molar-refractivity contribution >= 4 is 17.8 Å². The van der Waals surface area contributed by atoms with Crippen molar-refractivity contribution in [2.24, 2.45) is 17.3 Å². The highest BCUT2D eigenvalue weighted by molar-refractivity contribution is 5.87. The highest BCUT2D eigenvalue weighted by Gasteiger charge is 2.57. The van der Waals surface area contributed by atoms with Crippen LogP contribution >= 0.6 is 0 Å². The summed E-state index contributed by atoms with van der Waals surface area (Å²) >= 11 is 0. The fourth-order valence-corrected chi connectivity index (χ4v) is 3.79. The zero-order valence-electron chi connectivity index (χ0n) is 15.9. The first-order valence-corrected chi connectivity index (χ1v) is 9.24. The summed E-state index contributed by atoms with van der Waals surface area (Å²) in [6, 6.07) is 0. The Hall–Kier alpha value is -1.67. The predicted molar refractivity (Wildman–Crippen MR) is 90.6 cm³/mol. The van der Waals surface area contributed by atoms with Crippen molar-refractivity contribution in [2.75, 3.05) is 33.2 Å². The summed E-state index contributed by atoms with van der Waals surface area (Å²) in [6.45, 7) is 7.92. The number of carbonyl (C=O) groups is 3. The molecule has 3 rings (SSSR count). The van der Waals surface area contributed by atoms with Crippen LogP contribution in [0, 0.1) is 17.3 Å². The minimum Gasteiger partial charge on any atom is -0.373 e. The highest BCUT2D eigenvalue weighted by atomic mass is 17.2. The van der Waals surface area contributed by atoms with Gasteiger partial charge in [-0.25, -0.2) is 19.4 Å². The molecule has 0 radical (unpaired) electrons. The quantitative estimate of drug-likeness (QED) is 0.521. The van der Waals surface area contributed by atoms with Gasteiger partial charge < -0.3 is 14.5 Å². The molecule has 8 nitrogen and oxygen atoms in total. The molecule has 0 unspecified atom stereocenters. The van der Waals surface area contributed by atoms with Gasteiger partial charge in [-0.1, -0.05) is 0 Å². The number of piperazine rings is 1. The Morgan fingerprint density at radius 2 is 1.50 bits per heavy atom. The molecule has 4 atom stereocenters. The molecule has 3 aliphatic rings. The molecule has 0 aromatic carbocycles. The zero-order chi connectivity index (χ0) is 19.1. The topological polar surface area (TPSA) is 85.4 Å². The van der Waals surface area contributed by atoms with Gasteiger partial charge >= 0.3 is 11.9 Å². The van der Waals surface area contributed by atoms with Gasteiger partial charge in [-0.05, 0) is 40.7 Å². The van der Waals surface area contributed by atoms with Crippen LogP contribution in [-0.2, 0) is 28.9 Å². The van der Waals surface area contributed by atoms with E-state index in [0.717, 1.165) is 19.5 Å². The molecule has 26 heavy (non-hydrogen) atoms. The molecule has 0 aromatic rings. The predicted octanol–water partition coefficient (Wildman–Crippen LogP) is 0.602. The number of hydrogen-bond acceptors (Lipinski definition) is 7. The number of fused-ring (bicyclic) bond motifs is 2. The van der Waals surface area contributed by atoms with Crippen LogP contribution in [0.1, 0.15) is 33.6 Å². The van der Waals surface area contributed by atoms with E-state index in [-0.39, 0.29) is 18.1 Å². The maximum atomic E-state index is 13.0. The summed E-state index contributed by atoms with van der Waals surface area (Å²) in [6.07, 6.45) is 0.871. The second-order valence-electron chi connectivity index (χ2n) is 8.49. The van der Waals surface area contributed by atoms with Gasteiger partial charge in [0.05, 0.1) is 23.5 Å². The van der Waals surface area contributed by atoms with Gasteiger partial charge in [-0.3, -0.25) is 4.79 Å². The normalized spacial score (nSPS) is 31.8. The van der Waals surface area contributed by atoms with Crippen LogP contribution in [0.4, 0.5) is 0 Å². The fraction of sp³-hybridized carbons (Fsp3) is 0.833. The molecular formula is C18H28N2O6. The molecule has 3 saturated heterocycles. The van der Waals surface area contributed by atoms with Crippen molar-refractivity contribution in [3.63, 3.8) is 0 Å². The Bertz CT molecular complexity index is 579. The van der Waals surface area contributed by atoms with Crippen LogP contribution in [0.15, 0.2) is 0 Å². The van der Waals surface area contributed by atoms with Crippen molar-refractivity contribution in [3.8, 4) is 0 Å². The summed E-state index contributed by atoms with van der Waals surface area (Å²) in [7, 11) is 2.02. The van der Waals surface area contributed by atoms with Crippen molar-refractivity contribution in [2.45, 2.75) is 45.8 Å². The van der Waals surface area contributed by atoms with Crippen molar-refractivity contribution in [1.29, 1.82) is 0 Å². The Kier molecular flexibility index (Phi) is 5.25. The summed E-state index contributed by atoms with van der Waals surface area (Å²) < 4.78 is 5.83. The Morgan fingerprint density at radius 1 is 0.923 bits per heavy atom. The van der Waals surface area contributed by atoms with E-state index >= 15 is 0 Å². The van der Waals surface area contributed by atoms with E-state index in [1.54, 1.807) is 25.7 Å². The lowest BCUT2D eigenvalue weighted by atomic mass is 9.78. The number of rotatable bonds is 2. The average molecular weight is 368 g/mol. The lowest BCUT2D eigenvalue weighted by Gasteiger charge is -2.36. The number of carbonyl (C=O) groups excluding carboxylic acids is 3. The lowest BCUT2D eigenvalue weighted by molar-refractivity contribution is -0.269. The lowest BCUT2D eigenvalue weighted by Crippen LogP contribution is -2.52. The first-order valence-electron chi connectivity index (χ1n) is 9.24. The minimum absolute atomic E-state index is 0.0607. The molecule has 146 valence electrons. The summed E-state index contributed by atoms with van der Waals surface area (Å²) in [5.74, 6) is -2.65. The van der Waals surface area contributed by atoms with E-state index in [2.05, 4.69) is 4.90 Å². The largest absolute Gasteiger partial charge is 0.373 e. The molecule has 3 aliphatic heterocycles. The average Bonchev–Trinajstić information content (AvgIpc) is 3.19. The second-order valence-corrected chi connectivity index (χ2v) is 8.49. The highest BCUT2D eigenvalue weighted by Crippen LogP contribution is 2.45. The third-order valence-electron chi connectivity index (χ3n) is 5.46. The Morgan fingerprint density at radius 3 is 2.08 bits per heavy atom. The van der Waals surface area contributed by atoms with Crippen LogP contribution in [0.5, 0.6) is 0 Å². The molecular weight excluding hydrogens is 340 g/mol. The first-order chi connectivity index (χ1) is 12.2. The SMILES string of the molecule is CN1CCN(C(=O)[C@@H]2[C@H](C(=O)OOC(=O)C(C)(C)C)[C@H]3CC[C@@H]2O3)CC1. The maximum Gasteiger partial charge on any atom is 0.362 e. The molecule has 3 fully saturated rings. The smallest absolute Gasteiger partial charge is 0.362 e. The first kappa shape index (κ1) is 19.1. The van der Waals surface area contributed by atoms with Gasteiger partial charge in [0.2, 0.25) is 5.91 Å². The molecule has 2 bridgehead atoms. The third-order valence-corrected chi connectivity index (χ3v) is 5.46. The fourth-order valence-electron chi connectivity index (χ4n) is 3.79. The van der Waals surface area contributed by atoms with Gasteiger partial charge in [0.15, 0.2) is 0 Å². The molecule has 0 aromatic heterocycles. The van der Waals surface area contributed by atoms with E-state index in [1.165, 1.54) is 0 Å². The second kappa shape index (κ2) is 7.15. The van der Waals surface area contributed by atoms with E-state index < -0.39 is 29.2 Å². The number of nitrogens with zero attached hydrogens (tertiary/aromatic N) is 2. The molecule has 8 heteroatoms. The monoisotopic (exact) mass is 368 g/mol.